The van der Waals surface area contributed by atoms with Crippen molar-refractivity contribution in [3.63, 3.8) is 0 Å². The van der Waals surface area contributed by atoms with Crippen LogP contribution in [0.25, 0.3) is 5.69 Å². The molecule has 1 saturated carbocycles. The number of hydrogen-bond donors (Lipinski definition) is 2. The summed E-state index contributed by atoms with van der Waals surface area (Å²) < 4.78 is 28.7. The van der Waals surface area contributed by atoms with E-state index in [4.69, 9.17) is 5.11 Å². The Morgan fingerprint density at radius 1 is 1.27 bits per heavy atom. The first-order valence-corrected chi connectivity index (χ1v) is 8.83. The van der Waals surface area contributed by atoms with Crippen LogP contribution in [0.5, 0.6) is 0 Å². The number of rotatable bonds is 5. The topological polar surface area (TPSA) is 67.2 Å². The van der Waals surface area contributed by atoms with Gasteiger partial charge in [0.2, 0.25) is 0 Å². The minimum Gasteiger partial charge on any atom is -0.481 e. The summed E-state index contributed by atoms with van der Waals surface area (Å²) in [5.74, 6) is -2.22. The molecule has 3 rings (SSSR count). The fraction of sp³-hybridized carbons (Fsp3) is 0.474. The Hall–Kier alpha value is -2.28. The molecule has 7 heteroatoms. The fourth-order valence-corrected chi connectivity index (χ4v) is 3.61. The number of halogens is 2. The van der Waals surface area contributed by atoms with Gasteiger partial charge in [-0.15, -0.1) is 0 Å². The second kappa shape index (κ2) is 7.53. The second-order valence-electron chi connectivity index (χ2n) is 6.92. The van der Waals surface area contributed by atoms with Gasteiger partial charge in [0.05, 0.1) is 11.6 Å². The highest BCUT2D eigenvalue weighted by molar-refractivity contribution is 5.70. The van der Waals surface area contributed by atoms with Gasteiger partial charge in [0.15, 0.2) is 5.82 Å². The first-order valence-electron chi connectivity index (χ1n) is 8.83. The van der Waals surface area contributed by atoms with E-state index in [2.05, 4.69) is 10.4 Å². The summed E-state index contributed by atoms with van der Waals surface area (Å²) in [5, 5.41) is 16.9. The number of benzene rings is 1. The SMILES string of the molecule is Cc1nn(-c2ccc(F)cc2F)c(C)c1CNC1CCC(C(=O)O)CC1. The van der Waals surface area contributed by atoms with Crippen molar-refractivity contribution in [3.05, 3.63) is 46.8 Å². The molecule has 5 nitrogen and oxygen atoms in total. The van der Waals surface area contributed by atoms with Gasteiger partial charge in [-0.3, -0.25) is 4.79 Å². The van der Waals surface area contributed by atoms with E-state index in [0.717, 1.165) is 35.9 Å². The Balaban J connectivity index is 1.70. The van der Waals surface area contributed by atoms with Gasteiger partial charge in [0, 0.05) is 29.9 Å². The molecule has 2 aromatic rings. The number of nitrogens with zero attached hydrogens (tertiary/aromatic N) is 2. The molecule has 1 fully saturated rings. The Kier molecular flexibility index (Phi) is 5.36. The number of aromatic nitrogens is 2. The van der Waals surface area contributed by atoms with Crippen LogP contribution in [0.3, 0.4) is 0 Å². The number of carboxylic acids is 1. The lowest BCUT2D eigenvalue weighted by molar-refractivity contribution is -0.142. The maximum Gasteiger partial charge on any atom is 0.306 e. The minimum absolute atomic E-state index is 0.222. The second-order valence-corrected chi connectivity index (χ2v) is 6.92. The molecule has 140 valence electrons. The summed E-state index contributed by atoms with van der Waals surface area (Å²) in [4.78, 5) is 11.0. The highest BCUT2D eigenvalue weighted by atomic mass is 19.1. The normalized spacial score (nSPS) is 20.3. The van der Waals surface area contributed by atoms with E-state index in [1.165, 1.54) is 16.8 Å². The lowest BCUT2D eigenvalue weighted by Crippen LogP contribution is -2.34. The van der Waals surface area contributed by atoms with Crippen molar-refractivity contribution in [2.45, 2.75) is 52.1 Å². The average Bonchev–Trinajstić information content (AvgIpc) is 2.87. The number of aryl methyl sites for hydroxylation is 1. The Bertz CT molecular complexity index is 811. The zero-order valence-electron chi connectivity index (χ0n) is 14.9. The highest BCUT2D eigenvalue weighted by Gasteiger charge is 2.26. The van der Waals surface area contributed by atoms with E-state index in [1.807, 2.05) is 13.8 Å². The molecule has 1 aromatic carbocycles. The van der Waals surface area contributed by atoms with Crippen LogP contribution in [0, 0.1) is 31.4 Å². The lowest BCUT2D eigenvalue weighted by atomic mass is 9.86. The number of hydrogen-bond acceptors (Lipinski definition) is 3. The van der Waals surface area contributed by atoms with Gasteiger partial charge in [0.25, 0.3) is 0 Å². The standard InChI is InChI=1S/C19H23F2N3O2/c1-11-16(10-22-15-6-3-13(4-7-15)19(25)26)12(2)24(23-11)18-8-5-14(20)9-17(18)21/h5,8-9,13,15,22H,3-4,6-7,10H2,1-2H3,(H,25,26). The van der Waals surface area contributed by atoms with Crippen LogP contribution in [0.1, 0.15) is 42.6 Å². The summed E-state index contributed by atoms with van der Waals surface area (Å²) >= 11 is 0. The molecule has 1 aliphatic rings. The summed E-state index contributed by atoms with van der Waals surface area (Å²) in [6.45, 7) is 4.31. The monoisotopic (exact) mass is 363 g/mol. The molecule has 0 saturated heterocycles. The molecular formula is C19H23F2N3O2. The average molecular weight is 363 g/mol. The van der Waals surface area contributed by atoms with Gasteiger partial charge < -0.3 is 10.4 Å². The zero-order valence-corrected chi connectivity index (χ0v) is 14.9. The molecule has 26 heavy (non-hydrogen) atoms. The van der Waals surface area contributed by atoms with Crippen molar-refractivity contribution in [2.75, 3.05) is 0 Å². The van der Waals surface area contributed by atoms with E-state index in [-0.39, 0.29) is 17.6 Å². The summed E-state index contributed by atoms with van der Waals surface area (Å²) in [5.41, 5.74) is 2.80. The van der Waals surface area contributed by atoms with Crippen LogP contribution in [-0.4, -0.2) is 26.9 Å². The molecule has 0 amide bonds. The van der Waals surface area contributed by atoms with Crippen LogP contribution in [0.2, 0.25) is 0 Å². The molecule has 1 aliphatic carbocycles. The third-order valence-electron chi connectivity index (χ3n) is 5.22. The van der Waals surface area contributed by atoms with Gasteiger partial charge in [-0.05, 0) is 51.7 Å². The molecule has 0 unspecified atom stereocenters. The maximum atomic E-state index is 14.1. The molecular weight excluding hydrogens is 340 g/mol. The van der Waals surface area contributed by atoms with E-state index < -0.39 is 17.6 Å². The van der Waals surface area contributed by atoms with Gasteiger partial charge in [-0.25, -0.2) is 13.5 Å². The number of aliphatic carboxylic acids is 1. The maximum absolute atomic E-state index is 14.1. The van der Waals surface area contributed by atoms with Crippen molar-refractivity contribution in [1.29, 1.82) is 0 Å². The largest absolute Gasteiger partial charge is 0.481 e. The van der Waals surface area contributed by atoms with Crippen LogP contribution >= 0.6 is 0 Å². The number of nitrogens with one attached hydrogen (secondary N) is 1. The van der Waals surface area contributed by atoms with Crippen molar-refractivity contribution >= 4 is 5.97 Å². The number of carboxylic acid groups (broad SMARTS) is 1. The van der Waals surface area contributed by atoms with Crippen LogP contribution in [0.4, 0.5) is 8.78 Å². The Morgan fingerprint density at radius 3 is 2.58 bits per heavy atom. The summed E-state index contributed by atoms with van der Waals surface area (Å²) in [6, 6.07) is 3.72. The molecule has 0 spiro atoms. The van der Waals surface area contributed by atoms with Crippen molar-refractivity contribution in [2.24, 2.45) is 5.92 Å². The molecule has 1 heterocycles. The molecule has 2 N–H and O–H groups in total. The molecule has 0 aliphatic heterocycles. The minimum atomic E-state index is -0.710. The van der Waals surface area contributed by atoms with Gasteiger partial charge in [-0.1, -0.05) is 0 Å². The quantitative estimate of drug-likeness (QED) is 0.853. The third-order valence-corrected chi connectivity index (χ3v) is 5.22. The Morgan fingerprint density at radius 2 is 1.96 bits per heavy atom. The first-order chi connectivity index (χ1) is 12.4. The van der Waals surface area contributed by atoms with Gasteiger partial charge in [0.1, 0.15) is 11.5 Å². The van der Waals surface area contributed by atoms with E-state index >= 15 is 0 Å². The van der Waals surface area contributed by atoms with E-state index in [0.29, 0.717) is 19.4 Å². The predicted octanol–water partition coefficient (Wildman–Crippen LogP) is 3.50. The summed E-state index contributed by atoms with van der Waals surface area (Å²) in [7, 11) is 0. The highest BCUT2D eigenvalue weighted by Crippen LogP contribution is 2.26. The molecule has 0 radical (unpaired) electrons. The van der Waals surface area contributed by atoms with Crippen molar-refractivity contribution < 1.29 is 18.7 Å². The lowest BCUT2D eigenvalue weighted by Gasteiger charge is -2.27. The molecule has 0 bridgehead atoms. The molecule has 1 aromatic heterocycles. The van der Waals surface area contributed by atoms with Gasteiger partial charge in [-0.2, -0.15) is 5.10 Å². The van der Waals surface area contributed by atoms with Crippen LogP contribution in [-0.2, 0) is 11.3 Å². The smallest absolute Gasteiger partial charge is 0.306 e. The van der Waals surface area contributed by atoms with Gasteiger partial charge >= 0.3 is 5.97 Å². The van der Waals surface area contributed by atoms with E-state index in [9.17, 15) is 13.6 Å². The Labute approximate surface area is 151 Å². The third kappa shape index (κ3) is 3.77. The summed E-state index contributed by atoms with van der Waals surface area (Å²) in [6.07, 6.45) is 3.03. The van der Waals surface area contributed by atoms with Crippen molar-refractivity contribution in [3.8, 4) is 5.69 Å². The van der Waals surface area contributed by atoms with Crippen LogP contribution in [0.15, 0.2) is 18.2 Å². The number of carbonyl (C=O) groups is 1. The van der Waals surface area contributed by atoms with Crippen LogP contribution < -0.4 is 5.32 Å². The van der Waals surface area contributed by atoms with Crippen molar-refractivity contribution in [1.82, 2.24) is 15.1 Å². The van der Waals surface area contributed by atoms with E-state index in [1.54, 1.807) is 0 Å². The zero-order chi connectivity index (χ0) is 18.8. The molecule has 0 atom stereocenters. The fourth-order valence-electron chi connectivity index (χ4n) is 3.61. The predicted molar refractivity (Wildman–Crippen MR) is 93.2 cm³/mol. The first kappa shape index (κ1) is 18.5.